The van der Waals surface area contributed by atoms with Crippen LogP contribution in [0, 0.1) is 5.41 Å². The van der Waals surface area contributed by atoms with Crippen molar-refractivity contribution in [3.8, 4) is 0 Å². The lowest BCUT2D eigenvalue weighted by Gasteiger charge is -2.33. The van der Waals surface area contributed by atoms with E-state index in [0.29, 0.717) is 6.92 Å². The van der Waals surface area contributed by atoms with Crippen LogP contribution in [0.25, 0.3) is 0 Å². The topological polar surface area (TPSA) is 92.4 Å². The smallest absolute Gasteiger partial charge is 0.422 e. The molecule has 1 amide bonds. The van der Waals surface area contributed by atoms with Gasteiger partial charge in [-0.1, -0.05) is 6.92 Å². The van der Waals surface area contributed by atoms with Crippen LogP contribution >= 0.6 is 0 Å². The van der Waals surface area contributed by atoms with Gasteiger partial charge in [-0.2, -0.15) is 13.2 Å². The molecule has 106 valence electrons. The third kappa shape index (κ3) is 2.92. The molecule has 0 aromatic heterocycles. The molecule has 0 heterocycles. The Morgan fingerprint density at radius 1 is 1.28 bits per heavy atom. The zero-order chi connectivity index (χ0) is 14.8. The van der Waals surface area contributed by atoms with E-state index in [1.54, 1.807) is 6.92 Å². The molecule has 0 saturated carbocycles. The number of carboxylic acid groups (broad SMARTS) is 1. The van der Waals surface area contributed by atoms with Crippen LogP contribution in [0.3, 0.4) is 0 Å². The van der Waals surface area contributed by atoms with Crippen LogP contribution in [0.15, 0.2) is 0 Å². The molecular formula is C10H17F3N2O3. The summed E-state index contributed by atoms with van der Waals surface area (Å²) in [7, 11) is 0. The molecule has 0 aliphatic carbocycles. The van der Waals surface area contributed by atoms with Crippen molar-refractivity contribution in [3.05, 3.63) is 0 Å². The number of carbonyl (C=O) groups is 2. The number of amides is 1. The summed E-state index contributed by atoms with van der Waals surface area (Å²) in [6.45, 7) is 3.18. The highest BCUT2D eigenvalue weighted by Crippen LogP contribution is 2.32. The van der Waals surface area contributed by atoms with Gasteiger partial charge in [0.1, 0.15) is 0 Å². The quantitative estimate of drug-likeness (QED) is 0.691. The van der Waals surface area contributed by atoms with Crippen molar-refractivity contribution in [2.24, 2.45) is 11.1 Å². The van der Waals surface area contributed by atoms with Crippen LogP contribution in [0.1, 0.15) is 27.2 Å². The Balaban J connectivity index is 5.28. The fourth-order valence-corrected chi connectivity index (χ4v) is 1.02. The zero-order valence-corrected chi connectivity index (χ0v) is 10.4. The fraction of sp³-hybridized carbons (Fsp3) is 0.800. The number of nitrogens with two attached hydrogens (primary N) is 1. The summed E-state index contributed by atoms with van der Waals surface area (Å²) >= 11 is 0. The second-order valence-corrected chi connectivity index (χ2v) is 4.50. The molecule has 2 atom stereocenters. The molecule has 8 heteroatoms. The minimum Gasteiger partial charge on any atom is -0.479 e. The monoisotopic (exact) mass is 270 g/mol. The maximum Gasteiger partial charge on any atom is 0.422 e. The minimum absolute atomic E-state index is 0.178. The Morgan fingerprint density at radius 2 is 1.72 bits per heavy atom. The standard InChI is InChI=1S/C10H17F3N2O3/c1-4-8(2,5-14)6(16)15-9(3,7(17)18)10(11,12)13/h4-5,14H2,1-3H3,(H,15,16)(H,17,18). The average molecular weight is 270 g/mol. The summed E-state index contributed by atoms with van der Waals surface area (Å²) < 4.78 is 38.1. The normalized spacial score (nSPS) is 18.6. The van der Waals surface area contributed by atoms with Gasteiger partial charge in [0.25, 0.3) is 0 Å². The molecule has 0 aromatic rings. The third-order valence-corrected chi connectivity index (χ3v) is 3.14. The number of carbonyl (C=O) groups excluding carboxylic acids is 1. The first-order valence-corrected chi connectivity index (χ1v) is 5.27. The van der Waals surface area contributed by atoms with Crippen LogP contribution in [0.5, 0.6) is 0 Å². The van der Waals surface area contributed by atoms with Gasteiger partial charge < -0.3 is 16.2 Å². The van der Waals surface area contributed by atoms with Crippen molar-refractivity contribution in [2.45, 2.75) is 38.9 Å². The average Bonchev–Trinajstić information content (AvgIpc) is 2.25. The lowest BCUT2D eigenvalue weighted by atomic mass is 9.85. The summed E-state index contributed by atoms with van der Waals surface area (Å²) in [6, 6.07) is 0. The van der Waals surface area contributed by atoms with E-state index in [4.69, 9.17) is 10.8 Å². The van der Waals surface area contributed by atoms with Gasteiger partial charge in [-0.05, 0) is 20.3 Å². The molecule has 0 spiro atoms. The number of carboxylic acids is 1. The molecule has 0 bridgehead atoms. The summed E-state index contributed by atoms with van der Waals surface area (Å²) in [6.07, 6.45) is -4.90. The van der Waals surface area contributed by atoms with Crippen LogP contribution in [0.4, 0.5) is 13.2 Å². The number of aliphatic carboxylic acids is 1. The lowest BCUT2D eigenvalue weighted by Crippen LogP contribution is -2.64. The van der Waals surface area contributed by atoms with Crippen molar-refractivity contribution >= 4 is 11.9 Å². The van der Waals surface area contributed by atoms with Crippen molar-refractivity contribution < 1.29 is 27.9 Å². The summed E-state index contributed by atoms with van der Waals surface area (Å²) in [5, 5.41) is 10.2. The van der Waals surface area contributed by atoms with Gasteiger partial charge in [0.05, 0.1) is 5.41 Å². The number of halogens is 3. The Kier molecular flexibility index (Phi) is 4.76. The summed E-state index contributed by atoms with van der Waals surface area (Å²) in [5.74, 6) is -3.20. The fourth-order valence-electron chi connectivity index (χ4n) is 1.02. The predicted octanol–water partition coefficient (Wildman–Crippen LogP) is 0.883. The second kappa shape index (κ2) is 5.13. The van der Waals surface area contributed by atoms with Gasteiger partial charge in [0.2, 0.25) is 11.4 Å². The van der Waals surface area contributed by atoms with E-state index in [1.165, 1.54) is 12.2 Å². The number of hydrogen-bond donors (Lipinski definition) is 3. The first-order valence-electron chi connectivity index (χ1n) is 5.27. The molecule has 2 unspecified atom stereocenters. The van der Waals surface area contributed by atoms with Crippen molar-refractivity contribution in [2.75, 3.05) is 6.54 Å². The van der Waals surface area contributed by atoms with Crippen molar-refractivity contribution in [3.63, 3.8) is 0 Å². The minimum atomic E-state index is -5.10. The number of hydrogen-bond acceptors (Lipinski definition) is 3. The lowest BCUT2D eigenvalue weighted by molar-refractivity contribution is -0.208. The van der Waals surface area contributed by atoms with Crippen LogP contribution < -0.4 is 11.1 Å². The predicted molar refractivity (Wildman–Crippen MR) is 57.7 cm³/mol. The summed E-state index contributed by atoms with van der Waals surface area (Å²) in [4.78, 5) is 22.5. The highest BCUT2D eigenvalue weighted by molar-refractivity contribution is 5.90. The first kappa shape index (κ1) is 16.7. The molecular weight excluding hydrogens is 253 g/mol. The third-order valence-electron chi connectivity index (χ3n) is 3.14. The Morgan fingerprint density at radius 3 is 1.94 bits per heavy atom. The largest absolute Gasteiger partial charge is 0.479 e. The molecule has 0 radical (unpaired) electrons. The van der Waals surface area contributed by atoms with E-state index in [0.717, 1.165) is 0 Å². The highest BCUT2D eigenvalue weighted by Gasteiger charge is 2.59. The van der Waals surface area contributed by atoms with Gasteiger partial charge in [-0.3, -0.25) is 4.79 Å². The van der Waals surface area contributed by atoms with Crippen LogP contribution in [0.2, 0.25) is 0 Å². The van der Waals surface area contributed by atoms with Crippen molar-refractivity contribution in [1.29, 1.82) is 0 Å². The van der Waals surface area contributed by atoms with E-state index >= 15 is 0 Å². The van der Waals surface area contributed by atoms with E-state index in [9.17, 15) is 22.8 Å². The molecule has 0 aromatic carbocycles. The molecule has 0 saturated heterocycles. The molecule has 0 aliphatic rings. The Bertz CT molecular complexity index is 340. The van der Waals surface area contributed by atoms with Gasteiger partial charge in [-0.25, -0.2) is 4.79 Å². The Labute approximate surface area is 103 Å². The Hall–Kier alpha value is -1.31. The zero-order valence-electron chi connectivity index (χ0n) is 10.4. The molecule has 4 N–H and O–H groups in total. The first-order chi connectivity index (χ1) is 7.94. The number of nitrogens with one attached hydrogen (secondary N) is 1. The molecule has 0 aliphatic heterocycles. The second-order valence-electron chi connectivity index (χ2n) is 4.50. The highest BCUT2D eigenvalue weighted by atomic mass is 19.4. The molecule has 5 nitrogen and oxygen atoms in total. The van der Waals surface area contributed by atoms with Gasteiger partial charge in [0.15, 0.2) is 0 Å². The van der Waals surface area contributed by atoms with Crippen LogP contribution in [-0.2, 0) is 9.59 Å². The van der Waals surface area contributed by atoms with E-state index in [1.807, 2.05) is 0 Å². The number of alkyl halides is 3. The van der Waals surface area contributed by atoms with Gasteiger partial charge in [0, 0.05) is 6.54 Å². The van der Waals surface area contributed by atoms with E-state index in [2.05, 4.69) is 0 Å². The van der Waals surface area contributed by atoms with Gasteiger partial charge in [-0.15, -0.1) is 0 Å². The van der Waals surface area contributed by atoms with E-state index in [-0.39, 0.29) is 13.0 Å². The molecule has 0 fully saturated rings. The number of rotatable bonds is 5. The summed E-state index contributed by atoms with van der Waals surface area (Å²) in [5.41, 5.74) is 0.775. The molecule has 0 rings (SSSR count). The molecule has 18 heavy (non-hydrogen) atoms. The SMILES string of the molecule is CCC(C)(CN)C(=O)NC(C)(C(=O)O)C(F)(F)F. The van der Waals surface area contributed by atoms with Crippen LogP contribution in [-0.4, -0.2) is 35.2 Å². The maximum absolute atomic E-state index is 12.7. The van der Waals surface area contributed by atoms with Crippen molar-refractivity contribution in [1.82, 2.24) is 5.32 Å². The van der Waals surface area contributed by atoms with E-state index < -0.39 is 29.0 Å². The maximum atomic E-state index is 12.7. The van der Waals surface area contributed by atoms with Gasteiger partial charge >= 0.3 is 12.1 Å².